The number of nitrogens with two attached hydrogens (primary N) is 1. The fourth-order valence-corrected chi connectivity index (χ4v) is 3.13. The van der Waals surface area contributed by atoms with E-state index in [4.69, 9.17) is 5.84 Å². The first-order valence-electron chi connectivity index (χ1n) is 8.63. The molecule has 0 saturated carbocycles. The topological polar surface area (TPSA) is 95.1 Å². The Hall–Kier alpha value is -3.14. The molecule has 3 N–H and O–H groups in total. The number of ether oxygens (including phenoxy) is 1. The molecule has 2 aromatic carbocycles. The first-order valence-corrected chi connectivity index (χ1v) is 9.61. The zero-order valence-corrected chi connectivity index (χ0v) is 16.3. The van der Waals surface area contributed by atoms with Crippen LogP contribution in [0.15, 0.2) is 53.7 Å². The fraction of sp³-hybridized carbons (Fsp3) is 0.211. The molecule has 0 spiro atoms. The molecule has 3 aromatic rings. The van der Waals surface area contributed by atoms with Crippen LogP contribution in [0, 0.1) is 6.92 Å². The molecule has 1 heterocycles. The van der Waals surface area contributed by atoms with Crippen molar-refractivity contribution in [2.45, 2.75) is 25.2 Å². The highest BCUT2D eigenvalue weighted by Gasteiger charge is 2.14. The number of nitrogens with one attached hydrogen (secondary N) is 1. The van der Waals surface area contributed by atoms with Crippen molar-refractivity contribution in [1.29, 1.82) is 0 Å². The second-order valence-electron chi connectivity index (χ2n) is 6.13. The van der Waals surface area contributed by atoms with Crippen molar-refractivity contribution >= 4 is 17.7 Å². The number of aryl methyl sites for hydroxylation is 1. The lowest BCUT2D eigenvalue weighted by atomic mass is 10.1. The summed E-state index contributed by atoms with van der Waals surface area (Å²) in [6.45, 7) is -0.450. The van der Waals surface area contributed by atoms with E-state index in [0.29, 0.717) is 23.1 Å². The van der Waals surface area contributed by atoms with Crippen LogP contribution in [0.2, 0.25) is 0 Å². The van der Waals surface area contributed by atoms with E-state index in [9.17, 15) is 13.6 Å². The van der Waals surface area contributed by atoms with Gasteiger partial charge in [0.15, 0.2) is 5.82 Å². The standard InChI is InChI=1S/C19H19F2N5O2S/c1-12-2-4-13(5-3-12)10-23-16(27)11-29-19-25-24-17(26(19)22)14-6-8-15(9-7-14)28-18(20)21/h2-9,18H,10-11,22H2,1H3,(H,23,27). The zero-order chi connectivity index (χ0) is 20.8. The number of carbonyl (C=O) groups is 1. The van der Waals surface area contributed by atoms with Crippen molar-refractivity contribution in [2.75, 3.05) is 11.6 Å². The Labute approximate surface area is 170 Å². The lowest BCUT2D eigenvalue weighted by molar-refractivity contribution is -0.118. The molecule has 0 unspecified atom stereocenters. The van der Waals surface area contributed by atoms with Crippen molar-refractivity contribution in [3.63, 3.8) is 0 Å². The maximum atomic E-state index is 12.2. The van der Waals surface area contributed by atoms with Crippen molar-refractivity contribution < 1.29 is 18.3 Å². The molecule has 29 heavy (non-hydrogen) atoms. The summed E-state index contributed by atoms with van der Waals surface area (Å²) in [6, 6.07) is 13.8. The average Bonchev–Trinajstić information content (AvgIpc) is 3.06. The predicted octanol–water partition coefficient (Wildman–Crippen LogP) is 2.98. The first-order chi connectivity index (χ1) is 13.9. The number of thioether (sulfide) groups is 1. The van der Waals surface area contributed by atoms with Crippen molar-refractivity contribution in [3.8, 4) is 17.1 Å². The second kappa shape index (κ2) is 9.37. The largest absolute Gasteiger partial charge is 0.435 e. The van der Waals surface area contributed by atoms with E-state index in [2.05, 4.69) is 20.3 Å². The number of rotatable bonds is 8. The number of amides is 1. The van der Waals surface area contributed by atoms with Crippen LogP contribution in [0.3, 0.4) is 0 Å². The second-order valence-corrected chi connectivity index (χ2v) is 7.07. The summed E-state index contributed by atoms with van der Waals surface area (Å²) < 4.78 is 30.0. The Balaban J connectivity index is 1.55. The van der Waals surface area contributed by atoms with Gasteiger partial charge in [-0.25, -0.2) is 4.68 Å². The molecule has 0 aliphatic heterocycles. The minimum Gasteiger partial charge on any atom is -0.435 e. The maximum absolute atomic E-state index is 12.2. The number of alkyl halides is 2. The minimum atomic E-state index is -2.89. The maximum Gasteiger partial charge on any atom is 0.387 e. The van der Waals surface area contributed by atoms with E-state index in [0.717, 1.165) is 22.9 Å². The van der Waals surface area contributed by atoms with Gasteiger partial charge in [0.1, 0.15) is 5.75 Å². The molecule has 0 radical (unpaired) electrons. The van der Waals surface area contributed by atoms with E-state index in [-0.39, 0.29) is 17.4 Å². The SMILES string of the molecule is Cc1ccc(CNC(=O)CSc2nnc(-c3ccc(OC(F)F)cc3)n2N)cc1. The van der Waals surface area contributed by atoms with Crippen LogP contribution in [-0.2, 0) is 11.3 Å². The fourth-order valence-electron chi connectivity index (χ4n) is 2.45. The molecule has 1 aromatic heterocycles. The molecular weight excluding hydrogens is 400 g/mol. The van der Waals surface area contributed by atoms with Crippen LogP contribution < -0.4 is 15.9 Å². The van der Waals surface area contributed by atoms with Crippen LogP contribution in [-0.4, -0.2) is 33.1 Å². The van der Waals surface area contributed by atoms with Crippen LogP contribution in [0.4, 0.5) is 8.78 Å². The van der Waals surface area contributed by atoms with E-state index >= 15 is 0 Å². The van der Waals surface area contributed by atoms with E-state index in [1.54, 1.807) is 12.1 Å². The molecule has 0 atom stereocenters. The molecule has 0 aliphatic rings. The summed E-state index contributed by atoms with van der Waals surface area (Å²) in [5, 5.41) is 11.2. The van der Waals surface area contributed by atoms with Crippen LogP contribution in [0.5, 0.6) is 5.75 Å². The quantitative estimate of drug-likeness (QED) is 0.431. The van der Waals surface area contributed by atoms with E-state index in [1.165, 1.54) is 16.8 Å². The van der Waals surface area contributed by atoms with Crippen molar-refractivity contribution in [1.82, 2.24) is 20.2 Å². The summed E-state index contributed by atoms with van der Waals surface area (Å²) in [6.07, 6.45) is 0. The number of hydrogen-bond donors (Lipinski definition) is 2. The highest BCUT2D eigenvalue weighted by Crippen LogP contribution is 2.24. The molecule has 0 bridgehead atoms. The average molecular weight is 419 g/mol. The summed E-state index contributed by atoms with van der Waals surface area (Å²) in [5.41, 5.74) is 2.75. The van der Waals surface area contributed by atoms with Gasteiger partial charge in [-0.2, -0.15) is 8.78 Å². The molecule has 7 nitrogen and oxygen atoms in total. The normalized spacial score (nSPS) is 10.9. The van der Waals surface area contributed by atoms with Gasteiger partial charge in [-0.3, -0.25) is 4.79 Å². The molecule has 0 fully saturated rings. The van der Waals surface area contributed by atoms with Gasteiger partial charge in [0.05, 0.1) is 5.75 Å². The van der Waals surface area contributed by atoms with E-state index < -0.39 is 6.61 Å². The third-order valence-corrected chi connectivity index (χ3v) is 4.89. The van der Waals surface area contributed by atoms with Gasteiger partial charge in [-0.1, -0.05) is 41.6 Å². The minimum absolute atomic E-state index is 0.0340. The lowest BCUT2D eigenvalue weighted by Gasteiger charge is -2.07. The third-order valence-electron chi connectivity index (χ3n) is 3.94. The van der Waals surface area contributed by atoms with Gasteiger partial charge in [0.25, 0.3) is 0 Å². The van der Waals surface area contributed by atoms with Crippen LogP contribution in [0.25, 0.3) is 11.4 Å². The summed E-state index contributed by atoms with van der Waals surface area (Å²) in [7, 11) is 0. The van der Waals surface area contributed by atoms with Crippen molar-refractivity contribution in [2.24, 2.45) is 0 Å². The van der Waals surface area contributed by atoms with Gasteiger partial charge >= 0.3 is 6.61 Å². The number of benzene rings is 2. The number of aromatic nitrogens is 3. The molecule has 152 valence electrons. The molecule has 0 aliphatic carbocycles. The zero-order valence-electron chi connectivity index (χ0n) is 15.5. The number of nitrogens with zero attached hydrogens (tertiary/aromatic N) is 3. The Morgan fingerprint density at radius 3 is 2.52 bits per heavy atom. The Morgan fingerprint density at radius 1 is 1.17 bits per heavy atom. The van der Waals surface area contributed by atoms with Crippen molar-refractivity contribution in [3.05, 3.63) is 59.7 Å². The highest BCUT2D eigenvalue weighted by molar-refractivity contribution is 7.99. The highest BCUT2D eigenvalue weighted by atomic mass is 32.2. The van der Waals surface area contributed by atoms with Gasteiger partial charge in [0.2, 0.25) is 11.1 Å². The Bertz CT molecular complexity index is 962. The Kier molecular flexibility index (Phi) is 6.65. The Morgan fingerprint density at radius 2 is 1.86 bits per heavy atom. The molecule has 10 heteroatoms. The number of halogens is 2. The molecule has 3 rings (SSSR count). The smallest absolute Gasteiger partial charge is 0.387 e. The predicted molar refractivity (Wildman–Crippen MR) is 106 cm³/mol. The lowest BCUT2D eigenvalue weighted by Crippen LogP contribution is -2.25. The summed E-state index contributed by atoms with van der Waals surface area (Å²) in [5.74, 6) is 6.35. The number of carbonyl (C=O) groups excluding carboxylic acids is 1. The van der Waals surface area contributed by atoms with Crippen LogP contribution >= 0.6 is 11.8 Å². The molecule has 0 saturated heterocycles. The monoisotopic (exact) mass is 419 g/mol. The van der Waals surface area contributed by atoms with Gasteiger partial charge in [-0.05, 0) is 36.8 Å². The van der Waals surface area contributed by atoms with Gasteiger partial charge in [-0.15, -0.1) is 10.2 Å². The summed E-state index contributed by atoms with van der Waals surface area (Å²) >= 11 is 1.15. The van der Waals surface area contributed by atoms with Gasteiger partial charge in [0, 0.05) is 12.1 Å². The molecule has 1 amide bonds. The number of hydrogen-bond acceptors (Lipinski definition) is 6. The van der Waals surface area contributed by atoms with E-state index in [1.807, 2.05) is 31.2 Å². The molecular formula is C19H19F2N5O2S. The number of nitrogen functional groups attached to an aromatic ring is 1. The third kappa shape index (κ3) is 5.67. The van der Waals surface area contributed by atoms with Gasteiger partial charge < -0.3 is 15.9 Å². The van der Waals surface area contributed by atoms with Crippen LogP contribution in [0.1, 0.15) is 11.1 Å². The summed E-state index contributed by atoms with van der Waals surface area (Å²) in [4.78, 5) is 12.1. The first kappa shape index (κ1) is 20.6.